The standard InChI is InChI=1S/C14H21FN2O2S/c1-14(2)5-7-17(8-6-14)20(18,19)12-3-4-13(15)11(9-12)10-16/h3-4,9H,5-8,10,16H2,1-2H3. The predicted molar refractivity (Wildman–Crippen MR) is 76.1 cm³/mol. The van der Waals surface area contributed by atoms with Gasteiger partial charge in [0.2, 0.25) is 10.0 Å². The second-order valence-corrected chi connectivity index (χ2v) is 7.96. The smallest absolute Gasteiger partial charge is 0.243 e. The van der Waals surface area contributed by atoms with Gasteiger partial charge in [-0.2, -0.15) is 4.31 Å². The molecule has 0 atom stereocenters. The van der Waals surface area contributed by atoms with Crippen molar-refractivity contribution in [2.75, 3.05) is 13.1 Å². The number of rotatable bonds is 3. The Morgan fingerprint density at radius 2 is 1.90 bits per heavy atom. The Balaban J connectivity index is 2.27. The van der Waals surface area contributed by atoms with Gasteiger partial charge in [0.15, 0.2) is 0 Å². The molecule has 1 aliphatic rings. The van der Waals surface area contributed by atoms with Crippen molar-refractivity contribution >= 4 is 10.0 Å². The average molecular weight is 300 g/mol. The fraction of sp³-hybridized carbons (Fsp3) is 0.571. The van der Waals surface area contributed by atoms with Gasteiger partial charge in [0.05, 0.1) is 4.90 Å². The van der Waals surface area contributed by atoms with E-state index in [0.717, 1.165) is 12.8 Å². The van der Waals surface area contributed by atoms with Crippen LogP contribution < -0.4 is 5.73 Å². The van der Waals surface area contributed by atoms with E-state index < -0.39 is 15.8 Å². The summed E-state index contributed by atoms with van der Waals surface area (Å²) in [6.45, 7) is 5.28. The molecule has 2 N–H and O–H groups in total. The molecule has 1 aliphatic heterocycles. The van der Waals surface area contributed by atoms with E-state index in [-0.39, 0.29) is 22.4 Å². The minimum atomic E-state index is -3.55. The van der Waals surface area contributed by atoms with Crippen molar-refractivity contribution in [1.29, 1.82) is 0 Å². The third-order valence-electron chi connectivity index (χ3n) is 3.95. The zero-order chi connectivity index (χ0) is 15.0. The Kier molecular flexibility index (Phi) is 4.18. The Labute approximate surface area is 119 Å². The van der Waals surface area contributed by atoms with Crippen LogP contribution in [0, 0.1) is 11.2 Å². The first kappa shape index (κ1) is 15.4. The highest BCUT2D eigenvalue weighted by Gasteiger charge is 2.32. The van der Waals surface area contributed by atoms with E-state index >= 15 is 0 Å². The molecule has 1 aromatic rings. The molecule has 4 nitrogen and oxygen atoms in total. The number of hydrogen-bond acceptors (Lipinski definition) is 3. The summed E-state index contributed by atoms with van der Waals surface area (Å²) in [5, 5.41) is 0. The molecule has 0 saturated carbocycles. The molecular formula is C14H21FN2O2S. The molecular weight excluding hydrogens is 279 g/mol. The van der Waals surface area contributed by atoms with Gasteiger partial charge in [-0.3, -0.25) is 0 Å². The van der Waals surface area contributed by atoms with Gasteiger partial charge in [-0.25, -0.2) is 12.8 Å². The summed E-state index contributed by atoms with van der Waals surface area (Å²) in [7, 11) is -3.55. The molecule has 0 aliphatic carbocycles. The maximum absolute atomic E-state index is 13.4. The molecule has 1 aromatic carbocycles. The van der Waals surface area contributed by atoms with E-state index in [1.165, 1.54) is 22.5 Å². The van der Waals surface area contributed by atoms with Gasteiger partial charge in [0.1, 0.15) is 5.82 Å². The Bertz CT molecular complexity index is 589. The van der Waals surface area contributed by atoms with E-state index in [4.69, 9.17) is 5.73 Å². The minimum absolute atomic E-state index is 0.0117. The van der Waals surface area contributed by atoms with Crippen LogP contribution in [-0.4, -0.2) is 25.8 Å². The van der Waals surface area contributed by atoms with Crippen molar-refractivity contribution < 1.29 is 12.8 Å². The molecule has 6 heteroatoms. The lowest BCUT2D eigenvalue weighted by molar-refractivity contribution is 0.196. The highest BCUT2D eigenvalue weighted by molar-refractivity contribution is 7.89. The molecule has 1 fully saturated rings. The second-order valence-electron chi connectivity index (χ2n) is 6.03. The highest BCUT2D eigenvalue weighted by Crippen LogP contribution is 2.32. The maximum Gasteiger partial charge on any atom is 0.243 e. The van der Waals surface area contributed by atoms with Crippen molar-refractivity contribution in [2.24, 2.45) is 11.1 Å². The number of benzene rings is 1. The summed E-state index contributed by atoms with van der Waals surface area (Å²) < 4.78 is 40.0. The van der Waals surface area contributed by atoms with Gasteiger partial charge in [-0.15, -0.1) is 0 Å². The zero-order valence-electron chi connectivity index (χ0n) is 11.9. The van der Waals surface area contributed by atoms with Crippen molar-refractivity contribution in [3.63, 3.8) is 0 Å². The highest BCUT2D eigenvalue weighted by atomic mass is 32.2. The molecule has 0 spiro atoms. The molecule has 1 heterocycles. The van der Waals surface area contributed by atoms with Gasteiger partial charge in [-0.1, -0.05) is 13.8 Å². The van der Waals surface area contributed by atoms with Gasteiger partial charge >= 0.3 is 0 Å². The molecule has 0 aromatic heterocycles. The normalized spacial score (nSPS) is 20.0. The lowest BCUT2D eigenvalue weighted by atomic mass is 9.83. The summed E-state index contributed by atoms with van der Waals surface area (Å²) in [4.78, 5) is 0.124. The molecule has 0 bridgehead atoms. The number of hydrogen-bond donors (Lipinski definition) is 1. The third-order valence-corrected chi connectivity index (χ3v) is 5.85. The van der Waals surface area contributed by atoms with Crippen molar-refractivity contribution in [1.82, 2.24) is 4.31 Å². The molecule has 0 radical (unpaired) electrons. The van der Waals surface area contributed by atoms with Gasteiger partial charge in [0.25, 0.3) is 0 Å². The van der Waals surface area contributed by atoms with E-state index in [0.29, 0.717) is 13.1 Å². The first-order valence-corrected chi connectivity index (χ1v) is 8.19. The predicted octanol–water partition coefficient (Wildman–Crippen LogP) is 2.10. The first-order valence-electron chi connectivity index (χ1n) is 6.75. The van der Waals surface area contributed by atoms with E-state index in [9.17, 15) is 12.8 Å². The molecule has 1 saturated heterocycles. The summed E-state index contributed by atoms with van der Waals surface area (Å²) >= 11 is 0. The largest absolute Gasteiger partial charge is 0.326 e. The summed E-state index contributed by atoms with van der Waals surface area (Å²) in [5.74, 6) is -0.466. The van der Waals surface area contributed by atoms with Gasteiger partial charge < -0.3 is 5.73 Å². The fourth-order valence-corrected chi connectivity index (χ4v) is 3.84. The van der Waals surface area contributed by atoms with Crippen LogP contribution in [0.2, 0.25) is 0 Å². The molecule has 2 rings (SSSR count). The fourth-order valence-electron chi connectivity index (χ4n) is 2.35. The number of nitrogens with two attached hydrogens (primary N) is 1. The van der Waals surface area contributed by atoms with Crippen molar-refractivity contribution in [2.45, 2.75) is 38.1 Å². The number of sulfonamides is 1. The summed E-state index contributed by atoms with van der Waals surface area (Å²) in [6.07, 6.45) is 1.66. The molecule has 0 amide bonds. The molecule has 20 heavy (non-hydrogen) atoms. The van der Waals surface area contributed by atoms with Crippen LogP contribution >= 0.6 is 0 Å². The van der Waals surface area contributed by atoms with Crippen molar-refractivity contribution in [3.05, 3.63) is 29.6 Å². The minimum Gasteiger partial charge on any atom is -0.326 e. The Morgan fingerprint density at radius 1 is 1.30 bits per heavy atom. The lowest BCUT2D eigenvalue weighted by Crippen LogP contribution is -2.41. The number of piperidine rings is 1. The quantitative estimate of drug-likeness (QED) is 0.929. The van der Waals surface area contributed by atoms with Crippen LogP contribution in [-0.2, 0) is 16.6 Å². The van der Waals surface area contributed by atoms with E-state index in [1.807, 2.05) is 0 Å². The SMILES string of the molecule is CC1(C)CCN(S(=O)(=O)c2ccc(F)c(CN)c2)CC1. The van der Waals surface area contributed by atoms with Gasteiger partial charge in [-0.05, 0) is 36.5 Å². The molecule has 112 valence electrons. The van der Waals surface area contributed by atoms with E-state index in [1.54, 1.807) is 0 Å². The van der Waals surface area contributed by atoms with Crippen LogP contribution in [0.1, 0.15) is 32.3 Å². The van der Waals surface area contributed by atoms with Crippen molar-refractivity contribution in [3.8, 4) is 0 Å². The Morgan fingerprint density at radius 3 is 2.45 bits per heavy atom. The number of nitrogens with zero attached hydrogens (tertiary/aromatic N) is 1. The maximum atomic E-state index is 13.4. The molecule has 0 unspecified atom stereocenters. The second kappa shape index (κ2) is 5.42. The number of halogens is 1. The van der Waals surface area contributed by atoms with Crippen LogP contribution in [0.3, 0.4) is 0 Å². The van der Waals surface area contributed by atoms with Gasteiger partial charge in [0, 0.05) is 25.2 Å². The summed E-state index contributed by atoms with van der Waals surface area (Å²) in [6, 6.07) is 3.82. The lowest BCUT2D eigenvalue weighted by Gasteiger charge is -2.36. The third kappa shape index (κ3) is 3.02. The van der Waals surface area contributed by atoms with Crippen LogP contribution in [0.15, 0.2) is 23.1 Å². The van der Waals surface area contributed by atoms with E-state index in [2.05, 4.69) is 13.8 Å². The first-order chi connectivity index (χ1) is 9.26. The van der Waals surface area contributed by atoms with Crippen LogP contribution in [0.4, 0.5) is 4.39 Å². The zero-order valence-corrected chi connectivity index (χ0v) is 12.7. The van der Waals surface area contributed by atoms with Crippen LogP contribution in [0.5, 0.6) is 0 Å². The monoisotopic (exact) mass is 300 g/mol. The Hall–Kier alpha value is -0.980. The topological polar surface area (TPSA) is 63.4 Å². The summed E-state index contributed by atoms with van der Waals surface area (Å²) in [5.41, 5.74) is 5.83. The average Bonchev–Trinajstić information content (AvgIpc) is 2.38. The van der Waals surface area contributed by atoms with Crippen LogP contribution in [0.25, 0.3) is 0 Å².